The molecule has 0 aliphatic rings. The number of urea groups is 1. The number of aromatic nitrogens is 2. The molecular weight excluding hydrogens is 304 g/mol. The fraction of sp³-hybridized carbons (Fsp3) is 0.333. The van der Waals surface area contributed by atoms with Crippen LogP contribution in [0.15, 0.2) is 30.5 Å². The van der Waals surface area contributed by atoms with Gasteiger partial charge in [-0.25, -0.2) is 9.78 Å². The van der Waals surface area contributed by atoms with Gasteiger partial charge in [0, 0.05) is 32.1 Å². The van der Waals surface area contributed by atoms with E-state index in [1.807, 2.05) is 36.0 Å². The average Bonchev–Trinajstić information content (AvgIpc) is 2.82. The molecule has 0 fully saturated rings. The number of amides is 2. The van der Waals surface area contributed by atoms with E-state index in [-0.39, 0.29) is 6.03 Å². The van der Waals surface area contributed by atoms with Crippen molar-refractivity contribution in [3.05, 3.63) is 46.9 Å². The number of ether oxygens (including phenoxy) is 1. The Labute approximate surface area is 134 Å². The molecule has 0 unspecified atom stereocenters. The van der Waals surface area contributed by atoms with Crippen LogP contribution in [0, 0.1) is 0 Å². The first-order chi connectivity index (χ1) is 10.5. The molecule has 0 spiro atoms. The summed E-state index contributed by atoms with van der Waals surface area (Å²) < 4.78 is 6.95. The zero-order chi connectivity index (χ0) is 16.1. The van der Waals surface area contributed by atoms with Gasteiger partial charge in [-0.05, 0) is 12.1 Å². The molecule has 7 heteroatoms. The molecule has 0 bridgehead atoms. The van der Waals surface area contributed by atoms with Gasteiger partial charge < -0.3 is 19.5 Å². The van der Waals surface area contributed by atoms with Gasteiger partial charge in [0.1, 0.15) is 0 Å². The highest BCUT2D eigenvalue weighted by Crippen LogP contribution is 2.14. The van der Waals surface area contributed by atoms with Gasteiger partial charge in [0.15, 0.2) is 0 Å². The third-order valence-corrected chi connectivity index (χ3v) is 3.44. The van der Waals surface area contributed by atoms with Crippen molar-refractivity contribution < 1.29 is 9.53 Å². The second kappa shape index (κ2) is 7.17. The molecule has 0 aliphatic carbocycles. The van der Waals surface area contributed by atoms with Crippen LogP contribution in [-0.4, -0.2) is 34.6 Å². The minimum absolute atomic E-state index is 0.179. The molecule has 118 valence electrons. The molecule has 2 heterocycles. The van der Waals surface area contributed by atoms with Crippen molar-refractivity contribution >= 4 is 17.6 Å². The van der Waals surface area contributed by atoms with Gasteiger partial charge in [-0.2, -0.15) is 0 Å². The predicted octanol–water partition coefficient (Wildman–Crippen LogP) is 2.42. The summed E-state index contributed by atoms with van der Waals surface area (Å²) >= 11 is 5.94. The molecule has 0 saturated heterocycles. The smallest absolute Gasteiger partial charge is 0.317 e. The van der Waals surface area contributed by atoms with E-state index in [4.69, 9.17) is 16.3 Å². The summed E-state index contributed by atoms with van der Waals surface area (Å²) in [6.45, 7) is 0.814. The number of carbonyl (C=O) groups excluding carboxylic acids is 1. The molecule has 6 nitrogen and oxygen atoms in total. The number of carbonyl (C=O) groups is 1. The van der Waals surface area contributed by atoms with E-state index in [1.54, 1.807) is 25.1 Å². The number of nitrogens with one attached hydrogen (secondary N) is 1. The van der Waals surface area contributed by atoms with E-state index in [0.717, 1.165) is 11.4 Å². The van der Waals surface area contributed by atoms with Crippen LogP contribution in [0.25, 0.3) is 0 Å². The van der Waals surface area contributed by atoms with Crippen molar-refractivity contribution in [3.8, 4) is 5.88 Å². The molecule has 2 rings (SSSR count). The van der Waals surface area contributed by atoms with Crippen LogP contribution >= 0.6 is 11.6 Å². The highest BCUT2D eigenvalue weighted by molar-refractivity contribution is 6.30. The summed E-state index contributed by atoms with van der Waals surface area (Å²) in [6, 6.07) is 7.09. The number of aryl methyl sites for hydroxylation is 1. The van der Waals surface area contributed by atoms with Gasteiger partial charge in [0.05, 0.1) is 30.9 Å². The molecule has 0 saturated carbocycles. The molecule has 0 atom stereocenters. The van der Waals surface area contributed by atoms with Crippen molar-refractivity contribution in [1.82, 2.24) is 19.8 Å². The van der Waals surface area contributed by atoms with E-state index >= 15 is 0 Å². The van der Waals surface area contributed by atoms with Crippen molar-refractivity contribution in [2.45, 2.75) is 13.1 Å². The second-order valence-corrected chi connectivity index (χ2v) is 5.38. The Balaban J connectivity index is 1.89. The van der Waals surface area contributed by atoms with Crippen molar-refractivity contribution in [3.63, 3.8) is 0 Å². The molecule has 2 aromatic heterocycles. The van der Waals surface area contributed by atoms with Gasteiger partial charge >= 0.3 is 6.03 Å². The predicted molar refractivity (Wildman–Crippen MR) is 84.9 cm³/mol. The van der Waals surface area contributed by atoms with Crippen LogP contribution in [0.1, 0.15) is 11.4 Å². The average molecular weight is 323 g/mol. The van der Waals surface area contributed by atoms with Gasteiger partial charge in [0.2, 0.25) is 5.88 Å². The monoisotopic (exact) mass is 322 g/mol. The lowest BCUT2D eigenvalue weighted by Gasteiger charge is -2.18. The van der Waals surface area contributed by atoms with Gasteiger partial charge in [0.25, 0.3) is 0 Å². The third-order valence-electron chi connectivity index (χ3n) is 3.23. The van der Waals surface area contributed by atoms with Crippen LogP contribution < -0.4 is 10.1 Å². The maximum absolute atomic E-state index is 12.1. The van der Waals surface area contributed by atoms with Gasteiger partial charge in [-0.15, -0.1) is 0 Å². The Hall–Kier alpha value is -2.21. The first-order valence-corrected chi connectivity index (χ1v) is 7.17. The third kappa shape index (κ3) is 4.14. The van der Waals surface area contributed by atoms with E-state index < -0.39 is 0 Å². The Kier molecular flexibility index (Phi) is 5.27. The molecule has 2 amide bonds. The molecule has 1 N–H and O–H groups in total. The minimum atomic E-state index is -0.179. The molecule has 0 radical (unpaired) electrons. The van der Waals surface area contributed by atoms with Crippen molar-refractivity contribution in [2.24, 2.45) is 7.05 Å². The Morgan fingerprint density at radius 3 is 2.91 bits per heavy atom. The fourth-order valence-corrected chi connectivity index (χ4v) is 2.28. The lowest BCUT2D eigenvalue weighted by Crippen LogP contribution is -2.36. The number of pyridine rings is 1. The normalized spacial score (nSPS) is 10.4. The van der Waals surface area contributed by atoms with Crippen LogP contribution in [0.5, 0.6) is 5.88 Å². The SMILES string of the molecule is COc1cccc(CNC(=O)N(C)Cc2cc(Cl)cn2C)n1. The Morgan fingerprint density at radius 1 is 1.50 bits per heavy atom. The summed E-state index contributed by atoms with van der Waals surface area (Å²) in [6.07, 6.45) is 1.81. The second-order valence-electron chi connectivity index (χ2n) is 4.95. The lowest BCUT2D eigenvalue weighted by molar-refractivity contribution is 0.205. The number of rotatable bonds is 5. The largest absolute Gasteiger partial charge is 0.481 e. The Morgan fingerprint density at radius 2 is 2.27 bits per heavy atom. The molecule has 0 aromatic carbocycles. The fourth-order valence-electron chi connectivity index (χ4n) is 2.01. The van der Waals surface area contributed by atoms with Gasteiger partial charge in [-0.1, -0.05) is 17.7 Å². The maximum atomic E-state index is 12.1. The first-order valence-electron chi connectivity index (χ1n) is 6.79. The molecule has 2 aromatic rings. The summed E-state index contributed by atoms with van der Waals surface area (Å²) in [4.78, 5) is 17.9. The standard InChI is InChI=1S/C15H19ClN4O2/c1-19-9-11(16)7-13(19)10-20(2)15(21)17-8-12-5-4-6-14(18-12)22-3/h4-7,9H,8,10H2,1-3H3,(H,17,21). The molecular formula is C15H19ClN4O2. The molecule has 0 aliphatic heterocycles. The lowest BCUT2D eigenvalue weighted by atomic mass is 10.3. The maximum Gasteiger partial charge on any atom is 0.317 e. The first kappa shape index (κ1) is 16.2. The van der Waals surface area contributed by atoms with Crippen LogP contribution in [-0.2, 0) is 20.1 Å². The summed E-state index contributed by atoms with van der Waals surface area (Å²) in [5, 5.41) is 3.48. The zero-order valence-corrected chi connectivity index (χ0v) is 13.6. The highest BCUT2D eigenvalue weighted by atomic mass is 35.5. The van der Waals surface area contributed by atoms with Crippen molar-refractivity contribution in [2.75, 3.05) is 14.2 Å². The summed E-state index contributed by atoms with van der Waals surface area (Å²) in [7, 11) is 5.19. The van der Waals surface area contributed by atoms with Crippen LogP contribution in [0.3, 0.4) is 0 Å². The Bertz CT molecular complexity index is 657. The van der Waals surface area contributed by atoms with Crippen LogP contribution in [0.4, 0.5) is 4.79 Å². The zero-order valence-electron chi connectivity index (χ0n) is 12.8. The van der Waals surface area contributed by atoms with E-state index in [2.05, 4.69) is 10.3 Å². The van der Waals surface area contributed by atoms with Crippen LogP contribution in [0.2, 0.25) is 5.02 Å². The number of nitrogens with zero attached hydrogens (tertiary/aromatic N) is 3. The number of hydrogen-bond acceptors (Lipinski definition) is 3. The van der Waals surface area contributed by atoms with E-state index in [1.165, 1.54) is 0 Å². The van der Waals surface area contributed by atoms with Gasteiger partial charge in [-0.3, -0.25) is 0 Å². The number of methoxy groups -OCH3 is 1. The number of hydrogen-bond donors (Lipinski definition) is 1. The van der Waals surface area contributed by atoms with E-state index in [0.29, 0.717) is 24.0 Å². The minimum Gasteiger partial charge on any atom is -0.481 e. The summed E-state index contributed by atoms with van der Waals surface area (Å²) in [5.74, 6) is 0.526. The highest BCUT2D eigenvalue weighted by Gasteiger charge is 2.11. The topological polar surface area (TPSA) is 59.4 Å². The number of halogens is 1. The van der Waals surface area contributed by atoms with E-state index in [9.17, 15) is 4.79 Å². The quantitative estimate of drug-likeness (QED) is 0.919. The molecule has 22 heavy (non-hydrogen) atoms. The summed E-state index contributed by atoms with van der Waals surface area (Å²) in [5.41, 5.74) is 1.70. The van der Waals surface area contributed by atoms with Crippen molar-refractivity contribution in [1.29, 1.82) is 0 Å².